The zero-order valence-corrected chi connectivity index (χ0v) is 11.5. The van der Waals surface area contributed by atoms with Crippen LogP contribution in [-0.4, -0.2) is 37.0 Å². The molecule has 1 unspecified atom stereocenters. The van der Waals surface area contributed by atoms with Gasteiger partial charge in [-0.25, -0.2) is 0 Å². The van der Waals surface area contributed by atoms with E-state index in [0.717, 1.165) is 38.8 Å². The lowest BCUT2D eigenvalue weighted by molar-refractivity contribution is 0.0191. The predicted molar refractivity (Wildman–Crippen MR) is 71.2 cm³/mol. The zero-order valence-electron chi connectivity index (χ0n) is 11.5. The van der Waals surface area contributed by atoms with Gasteiger partial charge in [0.25, 0.3) is 0 Å². The van der Waals surface area contributed by atoms with Crippen LogP contribution < -0.4 is 5.32 Å². The van der Waals surface area contributed by atoms with Gasteiger partial charge in [-0.2, -0.15) is 0 Å². The van der Waals surface area contributed by atoms with E-state index in [1.807, 2.05) is 0 Å². The average molecular weight is 243 g/mol. The highest BCUT2D eigenvalue weighted by molar-refractivity contribution is 4.84. The second kappa shape index (κ2) is 8.06. The largest absolute Gasteiger partial charge is 0.389 e. The monoisotopic (exact) mass is 243 g/mol. The Bertz CT molecular complexity index is 183. The summed E-state index contributed by atoms with van der Waals surface area (Å²) >= 11 is 0. The van der Waals surface area contributed by atoms with E-state index in [-0.39, 0.29) is 0 Å². The maximum atomic E-state index is 10.5. The molecular formula is C14H29NO2. The van der Waals surface area contributed by atoms with Gasteiger partial charge in [-0.1, -0.05) is 39.0 Å². The summed E-state index contributed by atoms with van der Waals surface area (Å²) in [6, 6.07) is 0.386. The van der Waals surface area contributed by atoms with Crippen molar-refractivity contribution >= 4 is 0 Å². The van der Waals surface area contributed by atoms with Gasteiger partial charge in [0.2, 0.25) is 0 Å². The second-order valence-corrected chi connectivity index (χ2v) is 5.46. The van der Waals surface area contributed by atoms with E-state index in [1.165, 1.54) is 25.7 Å². The molecule has 17 heavy (non-hydrogen) atoms. The summed E-state index contributed by atoms with van der Waals surface area (Å²) in [5, 5.41) is 14.0. The molecule has 1 fully saturated rings. The Hall–Kier alpha value is -0.120. The molecule has 0 heterocycles. The number of hydrogen-bond acceptors (Lipinski definition) is 3. The van der Waals surface area contributed by atoms with E-state index in [2.05, 4.69) is 12.2 Å². The third-order valence-corrected chi connectivity index (χ3v) is 3.76. The molecule has 102 valence electrons. The first-order valence-corrected chi connectivity index (χ1v) is 7.15. The van der Waals surface area contributed by atoms with Crippen LogP contribution in [0.2, 0.25) is 0 Å². The Balaban J connectivity index is 2.34. The molecule has 3 nitrogen and oxygen atoms in total. The van der Waals surface area contributed by atoms with Gasteiger partial charge < -0.3 is 15.2 Å². The van der Waals surface area contributed by atoms with Crippen molar-refractivity contribution < 1.29 is 9.84 Å². The predicted octanol–water partition coefficient (Wildman–Crippen LogP) is 2.48. The lowest BCUT2D eigenvalue weighted by Gasteiger charge is -2.29. The quantitative estimate of drug-likeness (QED) is 0.675. The lowest BCUT2D eigenvalue weighted by atomic mass is 9.94. The van der Waals surface area contributed by atoms with Gasteiger partial charge in [0, 0.05) is 19.7 Å². The summed E-state index contributed by atoms with van der Waals surface area (Å²) in [5.41, 5.74) is -0.476. The maximum absolute atomic E-state index is 10.5. The van der Waals surface area contributed by atoms with Gasteiger partial charge >= 0.3 is 0 Å². The number of methoxy groups -OCH3 is 1. The zero-order chi connectivity index (χ0) is 12.6. The van der Waals surface area contributed by atoms with Crippen molar-refractivity contribution in [2.45, 2.75) is 69.9 Å². The van der Waals surface area contributed by atoms with Crippen LogP contribution in [0.3, 0.4) is 0 Å². The normalized spacial score (nSPS) is 22.1. The molecule has 0 radical (unpaired) electrons. The number of rotatable bonds is 7. The molecule has 1 saturated carbocycles. The van der Waals surface area contributed by atoms with Crippen molar-refractivity contribution in [3.63, 3.8) is 0 Å². The first-order valence-electron chi connectivity index (χ1n) is 7.15. The van der Waals surface area contributed by atoms with Crippen LogP contribution in [0.15, 0.2) is 0 Å². The fourth-order valence-corrected chi connectivity index (χ4v) is 2.69. The smallest absolute Gasteiger partial charge is 0.0771 e. The highest BCUT2D eigenvalue weighted by atomic mass is 16.5. The fraction of sp³-hybridized carbons (Fsp3) is 1.00. The lowest BCUT2D eigenvalue weighted by Crippen LogP contribution is -2.45. The molecule has 0 amide bonds. The molecule has 0 saturated heterocycles. The summed E-state index contributed by atoms with van der Waals surface area (Å²) in [6.07, 6.45) is 9.06. The summed E-state index contributed by atoms with van der Waals surface area (Å²) in [5.74, 6) is 0. The Kier molecular flexibility index (Phi) is 7.09. The van der Waals surface area contributed by atoms with Crippen LogP contribution in [0.5, 0.6) is 0 Å². The summed E-state index contributed by atoms with van der Waals surface area (Å²) in [7, 11) is 1.74. The molecule has 0 aromatic rings. The van der Waals surface area contributed by atoms with Crippen LogP contribution in [0.1, 0.15) is 58.3 Å². The number of aliphatic hydroxyl groups is 1. The van der Waals surface area contributed by atoms with Crippen molar-refractivity contribution in [2.24, 2.45) is 0 Å². The van der Waals surface area contributed by atoms with E-state index in [4.69, 9.17) is 4.74 Å². The Labute approximate surface area is 106 Å². The van der Waals surface area contributed by atoms with Crippen molar-refractivity contribution in [3.05, 3.63) is 0 Å². The molecule has 0 aromatic carbocycles. The molecule has 1 rings (SSSR count). The second-order valence-electron chi connectivity index (χ2n) is 5.46. The van der Waals surface area contributed by atoms with Gasteiger partial charge in [-0.3, -0.25) is 0 Å². The molecule has 1 aliphatic carbocycles. The Morgan fingerprint density at radius 3 is 2.41 bits per heavy atom. The minimum atomic E-state index is -0.476. The summed E-state index contributed by atoms with van der Waals surface area (Å²) in [4.78, 5) is 0. The number of ether oxygens (including phenoxy) is 1. The van der Waals surface area contributed by atoms with Crippen molar-refractivity contribution in [2.75, 3.05) is 20.3 Å². The SMILES string of the molecule is CCCC(COC)NCC1(O)CCCCCC1. The van der Waals surface area contributed by atoms with Crippen LogP contribution in [0.4, 0.5) is 0 Å². The topological polar surface area (TPSA) is 41.5 Å². The molecule has 0 aliphatic heterocycles. The minimum absolute atomic E-state index is 0.386. The summed E-state index contributed by atoms with van der Waals surface area (Å²) < 4.78 is 5.21. The Morgan fingerprint density at radius 1 is 1.24 bits per heavy atom. The molecule has 3 heteroatoms. The van der Waals surface area contributed by atoms with Crippen LogP contribution in [0.25, 0.3) is 0 Å². The maximum Gasteiger partial charge on any atom is 0.0771 e. The molecule has 0 bridgehead atoms. The highest BCUT2D eigenvalue weighted by Gasteiger charge is 2.28. The number of hydrogen-bond donors (Lipinski definition) is 2. The third-order valence-electron chi connectivity index (χ3n) is 3.76. The Morgan fingerprint density at radius 2 is 1.88 bits per heavy atom. The summed E-state index contributed by atoms with van der Waals surface area (Å²) in [6.45, 7) is 3.65. The molecular weight excluding hydrogens is 214 g/mol. The van der Waals surface area contributed by atoms with Crippen molar-refractivity contribution in [1.82, 2.24) is 5.32 Å². The van der Waals surface area contributed by atoms with Gasteiger partial charge in [0.15, 0.2) is 0 Å². The first kappa shape index (κ1) is 14.9. The van der Waals surface area contributed by atoms with Gasteiger partial charge in [0.1, 0.15) is 0 Å². The van der Waals surface area contributed by atoms with Crippen molar-refractivity contribution in [3.8, 4) is 0 Å². The van der Waals surface area contributed by atoms with Crippen LogP contribution in [-0.2, 0) is 4.74 Å². The molecule has 1 aliphatic rings. The van der Waals surface area contributed by atoms with Crippen LogP contribution in [0, 0.1) is 0 Å². The van der Waals surface area contributed by atoms with E-state index in [1.54, 1.807) is 7.11 Å². The highest BCUT2D eigenvalue weighted by Crippen LogP contribution is 2.26. The van der Waals surface area contributed by atoms with E-state index >= 15 is 0 Å². The van der Waals surface area contributed by atoms with Crippen LogP contribution >= 0.6 is 0 Å². The van der Waals surface area contributed by atoms with Gasteiger partial charge in [0.05, 0.1) is 12.2 Å². The van der Waals surface area contributed by atoms with E-state index < -0.39 is 5.60 Å². The van der Waals surface area contributed by atoms with E-state index in [0.29, 0.717) is 6.04 Å². The van der Waals surface area contributed by atoms with Crippen molar-refractivity contribution in [1.29, 1.82) is 0 Å². The van der Waals surface area contributed by atoms with E-state index in [9.17, 15) is 5.11 Å². The average Bonchev–Trinajstić information content (AvgIpc) is 2.52. The fourth-order valence-electron chi connectivity index (χ4n) is 2.69. The molecule has 1 atom stereocenters. The molecule has 0 spiro atoms. The molecule has 2 N–H and O–H groups in total. The minimum Gasteiger partial charge on any atom is -0.389 e. The standard InChI is InChI=1S/C14H29NO2/c1-3-8-13(11-17-2)15-12-14(16)9-6-4-5-7-10-14/h13,15-16H,3-12H2,1-2H3. The first-order chi connectivity index (χ1) is 8.20. The molecule has 0 aromatic heterocycles. The van der Waals surface area contributed by atoms with Gasteiger partial charge in [-0.05, 0) is 19.3 Å². The number of nitrogens with one attached hydrogen (secondary N) is 1. The van der Waals surface area contributed by atoms with Gasteiger partial charge in [-0.15, -0.1) is 0 Å². The third kappa shape index (κ3) is 5.84.